The first-order valence-corrected chi connectivity index (χ1v) is 15.0. The van der Waals surface area contributed by atoms with Gasteiger partial charge in [0.1, 0.15) is 36.8 Å². The molecule has 1 aliphatic heterocycles. The summed E-state index contributed by atoms with van der Waals surface area (Å²) in [5.74, 6) is -0.404. The number of para-hydroxylation sites is 1. The van der Waals surface area contributed by atoms with E-state index in [2.05, 4.69) is 29.8 Å². The average Bonchev–Trinajstić information content (AvgIpc) is 2.96. The monoisotopic (exact) mass is 594 g/mol. The van der Waals surface area contributed by atoms with E-state index in [1.54, 1.807) is 36.2 Å². The van der Waals surface area contributed by atoms with Gasteiger partial charge in [-0.05, 0) is 55.9 Å². The predicted octanol–water partition coefficient (Wildman–Crippen LogP) is 3.48. The van der Waals surface area contributed by atoms with Crippen LogP contribution in [0.5, 0.6) is 11.5 Å². The van der Waals surface area contributed by atoms with E-state index in [4.69, 9.17) is 9.47 Å². The zero-order valence-corrected chi connectivity index (χ0v) is 26.1. The summed E-state index contributed by atoms with van der Waals surface area (Å²) in [5.41, 5.74) is 1.34. The normalized spacial score (nSPS) is 20.0. The molecule has 0 aromatic heterocycles. The van der Waals surface area contributed by atoms with Crippen LogP contribution >= 0.6 is 0 Å². The van der Waals surface area contributed by atoms with Crippen molar-refractivity contribution in [3.63, 3.8) is 0 Å². The van der Waals surface area contributed by atoms with Crippen molar-refractivity contribution in [1.82, 2.24) is 20.9 Å². The maximum Gasteiger partial charge on any atom is 0.255 e. The van der Waals surface area contributed by atoms with Gasteiger partial charge in [-0.15, -0.1) is 0 Å². The van der Waals surface area contributed by atoms with Crippen LogP contribution in [0.15, 0.2) is 48.5 Å². The topological polar surface area (TPSA) is 126 Å². The maximum absolute atomic E-state index is 13.7. The summed E-state index contributed by atoms with van der Waals surface area (Å²) in [5, 5.41) is 8.31. The van der Waals surface area contributed by atoms with Crippen LogP contribution in [0, 0.1) is 18.8 Å². The number of carbonyl (C=O) groups excluding carboxylic acids is 4. The smallest absolute Gasteiger partial charge is 0.255 e. The largest absolute Gasteiger partial charge is 0.492 e. The second kappa shape index (κ2) is 16.0. The fraction of sp³-hybridized carbons (Fsp3) is 0.515. The highest BCUT2D eigenvalue weighted by Crippen LogP contribution is 2.22. The number of likely N-dealkylation sites (N-methyl/N-ethyl adjacent to an activating group) is 1. The minimum atomic E-state index is -1.19. The second-order valence-electron chi connectivity index (χ2n) is 12.0. The van der Waals surface area contributed by atoms with Crippen molar-refractivity contribution in [3.8, 4) is 11.5 Å². The first-order chi connectivity index (χ1) is 20.4. The Morgan fingerprint density at radius 2 is 1.67 bits per heavy atom. The Hall–Kier alpha value is -4.08. The van der Waals surface area contributed by atoms with Gasteiger partial charge in [0.05, 0.1) is 24.6 Å². The van der Waals surface area contributed by atoms with Crippen LogP contribution in [0.3, 0.4) is 0 Å². The van der Waals surface area contributed by atoms with Gasteiger partial charge in [-0.1, -0.05) is 57.5 Å². The van der Waals surface area contributed by atoms with Gasteiger partial charge < -0.3 is 30.3 Å². The molecule has 43 heavy (non-hydrogen) atoms. The van der Waals surface area contributed by atoms with Gasteiger partial charge in [0.15, 0.2) is 0 Å². The van der Waals surface area contributed by atoms with Crippen LogP contribution in [0.4, 0.5) is 0 Å². The number of benzene rings is 2. The predicted molar refractivity (Wildman–Crippen MR) is 165 cm³/mol. The van der Waals surface area contributed by atoms with E-state index in [9.17, 15) is 19.2 Å². The lowest BCUT2D eigenvalue weighted by molar-refractivity contribution is -0.138. The minimum absolute atomic E-state index is 0.125. The fourth-order valence-corrected chi connectivity index (χ4v) is 4.95. The van der Waals surface area contributed by atoms with E-state index < -0.39 is 29.8 Å². The van der Waals surface area contributed by atoms with Crippen molar-refractivity contribution in [1.29, 1.82) is 0 Å². The van der Waals surface area contributed by atoms with Crippen molar-refractivity contribution < 1.29 is 28.7 Å². The highest BCUT2D eigenvalue weighted by atomic mass is 16.5. The fourth-order valence-electron chi connectivity index (χ4n) is 4.95. The van der Waals surface area contributed by atoms with E-state index in [0.717, 1.165) is 5.56 Å². The van der Waals surface area contributed by atoms with Crippen LogP contribution in [-0.4, -0.2) is 73.5 Å². The molecule has 1 heterocycles. The Kier molecular flexibility index (Phi) is 12.4. The molecule has 10 nitrogen and oxygen atoms in total. The van der Waals surface area contributed by atoms with E-state index in [0.29, 0.717) is 24.3 Å². The summed E-state index contributed by atoms with van der Waals surface area (Å²) in [6.45, 7) is 10.6. The number of hydrogen-bond donors (Lipinski definition) is 3. The number of rotatable bonds is 9. The molecule has 3 rings (SSSR count). The van der Waals surface area contributed by atoms with Gasteiger partial charge in [0.25, 0.3) is 5.91 Å². The van der Waals surface area contributed by atoms with Crippen LogP contribution in [0.25, 0.3) is 0 Å². The Bertz CT molecular complexity index is 1250. The molecule has 0 fully saturated rings. The molecule has 3 atom stereocenters. The molecule has 0 saturated carbocycles. The van der Waals surface area contributed by atoms with E-state index in [1.165, 1.54) is 0 Å². The summed E-state index contributed by atoms with van der Waals surface area (Å²) in [4.78, 5) is 55.3. The number of carbonyl (C=O) groups is 4. The van der Waals surface area contributed by atoms with Crippen molar-refractivity contribution in [2.24, 2.45) is 11.8 Å². The molecule has 0 radical (unpaired) electrons. The van der Waals surface area contributed by atoms with Gasteiger partial charge in [0, 0.05) is 7.05 Å². The van der Waals surface area contributed by atoms with Gasteiger partial charge in [-0.25, -0.2) is 0 Å². The summed E-state index contributed by atoms with van der Waals surface area (Å²) >= 11 is 0. The van der Waals surface area contributed by atoms with Gasteiger partial charge in [-0.3, -0.25) is 19.2 Å². The maximum atomic E-state index is 13.7. The van der Waals surface area contributed by atoms with E-state index in [1.807, 2.05) is 45.0 Å². The molecule has 10 heteroatoms. The van der Waals surface area contributed by atoms with Crippen LogP contribution in [0.2, 0.25) is 0 Å². The Morgan fingerprint density at radius 3 is 2.35 bits per heavy atom. The van der Waals surface area contributed by atoms with Crippen LogP contribution in [0.1, 0.15) is 62.9 Å². The summed E-state index contributed by atoms with van der Waals surface area (Å²) in [7, 11) is 1.72. The molecular weight excluding hydrogens is 548 g/mol. The van der Waals surface area contributed by atoms with E-state index >= 15 is 0 Å². The number of nitrogens with one attached hydrogen (secondary N) is 3. The molecule has 2 aromatic rings. The molecular formula is C33H46N4O6. The molecule has 3 N–H and O–H groups in total. The van der Waals surface area contributed by atoms with Crippen molar-refractivity contribution >= 4 is 23.6 Å². The number of fused-ring (bicyclic) bond motifs is 1. The summed E-state index contributed by atoms with van der Waals surface area (Å²) < 4.78 is 11.8. The molecule has 1 aliphatic rings. The number of ether oxygens (including phenoxy) is 2. The van der Waals surface area contributed by atoms with Crippen molar-refractivity contribution in [3.05, 3.63) is 59.7 Å². The first kappa shape index (κ1) is 33.4. The van der Waals surface area contributed by atoms with Crippen molar-refractivity contribution in [2.75, 3.05) is 26.8 Å². The molecule has 0 bridgehead atoms. The highest BCUT2D eigenvalue weighted by Gasteiger charge is 2.32. The zero-order valence-electron chi connectivity index (χ0n) is 26.1. The summed E-state index contributed by atoms with van der Waals surface area (Å²) in [6, 6.07) is 12.0. The molecule has 0 spiro atoms. The Balaban J connectivity index is 1.84. The summed E-state index contributed by atoms with van der Waals surface area (Å²) in [6.07, 6.45) is 0.752. The minimum Gasteiger partial charge on any atom is -0.492 e. The standard InChI is InChI=1S/C33H46N4O6/c1-21(2)17-24-20-43-29-10-8-7-9-26(29)31(39)36-27(19-30(38)35-28(18-22(3)4)33(41)37(24)6)32(40)34-15-16-42-25-13-11-23(5)12-14-25/h7-14,21-22,24,27-28H,15-20H2,1-6H3,(H,34,40)(H,35,38)(H,36,39)/t24-,27-,28-/m0/s1. The molecule has 0 saturated heterocycles. The van der Waals surface area contributed by atoms with Gasteiger partial charge in [0.2, 0.25) is 17.7 Å². The molecule has 2 aromatic carbocycles. The molecule has 234 valence electrons. The molecule has 0 aliphatic carbocycles. The Labute approximate surface area is 254 Å². The third-order valence-corrected chi connectivity index (χ3v) is 7.24. The SMILES string of the molecule is Cc1ccc(OCCNC(=O)[C@@H]2CC(=O)N[C@@H](CC(C)C)C(=O)N(C)[C@@H](CC(C)C)COc3ccccc3C(=O)N2)cc1. The first-order valence-electron chi connectivity index (χ1n) is 15.0. The van der Waals surface area contributed by atoms with Crippen molar-refractivity contribution in [2.45, 2.75) is 72.0 Å². The highest BCUT2D eigenvalue weighted by molar-refractivity contribution is 6.01. The second-order valence-corrected chi connectivity index (χ2v) is 12.0. The van der Waals surface area contributed by atoms with Gasteiger partial charge >= 0.3 is 0 Å². The third kappa shape index (κ3) is 10.3. The molecule has 0 unspecified atom stereocenters. The number of amides is 4. The average molecular weight is 595 g/mol. The quantitative estimate of drug-likeness (QED) is 0.382. The lowest BCUT2D eigenvalue weighted by Crippen LogP contribution is -2.55. The zero-order chi connectivity index (χ0) is 31.5. The number of aryl methyl sites for hydroxylation is 1. The Morgan fingerprint density at radius 1 is 1.00 bits per heavy atom. The molecule has 4 amide bonds. The lowest BCUT2D eigenvalue weighted by Gasteiger charge is -2.33. The van der Waals surface area contributed by atoms with Crippen LogP contribution in [-0.2, 0) is 14.4 Å². The number of nitrogens with zero attached hydrogens (tertiary/aromatic N) is 1. The van der Waals surface area contributed by atoms with Gasteiger partial charge in [-0.2, -0.15) is 0 Å². The lowest BCUT2D eigenvalue weighted by atomic mass is 9.99. The van der Waals surface area contributed by atoms with Crippen LogP contribution < -0.4 is 25.4 Å². The third-order valence-electron chi connectivity index (χ3n) is 7.24. The van der Waals surface area contributed by atoms with E-state index in [-0.39, 0.29) is 55.5 Å². The number of hydrogen-bond acceptors (Lipinski definition) is 6.